The van der Waals surface area contributed by atoms with Gasteiger partial charge in [-0.05, 0) is 31.2 Å². The predicted molar refractivity (Wildman–Crippen MR) is 104 cm³/mol. The van der Waals surface area contributed by atoms with Crippen molar-refractivity contribution in [3.05, 3.63) is 70.2 Å². The molecule has 6 heteroatoms. The SMILES string of the molecule is Cc1nc(-c2ccc(Cl)cc2)sc1CCNC(=O)Nc1ccccc1. The van der Waals surface area contributed by atoms with Crippen LogP contribution in [0, 0.1) is 6.92 Å². The third-order valence-corrected chi connectivity index (χ3v) is 5.17. The van der Waals surface area contributed by atoms with Gasteiger partial charge in [-0.15, -0.1) is 11.3 Å². The average molecular weight is 372 g/mol. The molecule has 2 N–H and O–H groups in total. The van der Waals surface area contributed by atoms with Crippen LogP contribution >= 0.6 is 22.9 Å². The summed E-state index contributed by atoms with van der Waals surface area (Å²) in [5.74, 6) is 0. The van der Waals surface area contributed by atoms with Crippen molar-refractivity contribution in [3.8, 4) is 10.6 Å². The van der Waals surface area contributed by atoms with Crippen molar-refractivity contribution in [2.45, 2.75) is 13.3 Å². The quantitative estimate of drug-likeness (QED) is 0.652. The average Bonchev–Trinajstić information content (AvgIpc) is 2.97. The van der Waals surface area contributed by atoms with Crippen molar-refractivity contribution in [1.29, 1.82) is 0 Å². The number of aromatic nitrogens is 1. The van der Waals surface area contributed by atoms with Gasteiger partial charge in [-0.1, -0.05) is 41.9 Å². The van der Waals surface area contributed by atoms with Crippen LogP contribution < -0.4 is 10.6 Å². The molecule has 2 amide bonds. The topological polar surface area (TPSA) is 54.0 Å². The second kappa shape index (κ2) is 8.14. The summed E-state index contributed by atoms with van der Waals surface area (Å²) in [6.45, 7) is 2.55. The van der Waals surface area contributed by atoms with Crippen LogP contribution in [0.1, 0.15) is 10.6 Å². The Hall–Kier alpha value is -2.37. The van der Waals surface area contributed by atoms with E-state index < -0.39 is 0 Å². The standard InChI is InChI=1S/C19H18ClN3OS/c1-13-17(25-18(22-13)14-7-9-15(20)10-8-14)11-12-21-19(24)23-16-5-3-2-4-6-16/h2-10H,11-12H2,1H3,(H2,21,23,24). The van der Waals surface area contributed by atoms with Crippen LogP contribution in [0.25, 0.3) is 10.6 Å². The van der Waals surface area contributed by atoms with E-state index in [9.17, 15) is 4.79 Å². The van der Waals surface area contributed by atoms with Crippen LogP contribution in [0.4, 0.5) is 10.5 Å². The monoisotopic (exact) mass is 371 g/mol. The first-order valence-electron chi connectivity index (χ1n) is 7.94. The van der Waals surface area contributed by atoms with Crippen LogP contribution in [0.5, 0.6) is 0 Å². The maximum absolute atomic E-state index is 11.9. The summed E-state index contributed by atoms with van der Waals surface area (Å²) >= 11 is 7.58. The number of carbonyl (C=O) groups is 1. The van der Waals surface area contributed by atoms with Crippen molar-refractivity contribution in [1.82, 2.24) is 10.3 Å². The Morgan fingerprint density at radius 1 is 1.12 bits per heavy atom. The molecule has 0 saturated carbocycles. The van der Waals surface area contributed by atoms with E-state index >= 15 is 0 Å². The molecule has 0 saturated heterocycles. The van der Waals surface area contributed by atoms with Gasteiger partial charge >= 0.3 is 6.03 Å². The molecule has 0 unspecified atom stereocenters. The number of nitrogens with one attached hydrogen (secondary N) is 2. The molecule has 0 atom stereocenters. The fourth-order valence-electron chi connectivity index (χ4n) is 2.36. The van der Waals surface area contributed by atoms with Gasteiger partial charge in [0.2, 0.25) is 0 Å². The molecule has 0 aliphatic heterocycles. The van der Waals surface area contributed by atoms with Crippen molar-refractivity contribution in [2.24, 2.45) is 0 Å². The Kier molecular flexibility index (Phi) is 5.68. The van der Waals surface area contributed by atoms with Gasteiger partial charge in [-0.3, -0.25) is 0 Å². The minimum atomic E-state index is -0.203. The maximum atomic E-state index is 11.9. The Balaban J connectivity index is 1.55. The lowest BCUT2D eigenvalue weighted by atomic mass is 10.2. The molecule has 0 bridgehead atoms. The Morgan fingerprint density at radius 3 is 2.56 bits per heavy atom. The molecule has 0 aliphatic rings. The zero-order chi connectivity index (χ0) is 17.6. The zero-order valence-electron chi connectivity index (χ0n) is 13.8. The van der Waals surface area contributed by atoms with Gasteiger partial charge in [0.15, 0.2) is 0 Å². The number of hydrogen-bond donors (Lipinski definition) is 2. The maximum Gasteiger partial charge on any atom is 0.319 e. The molecule has 0 aliphatic carbocycles. The third-order valence-electron chi connectivity index (χ3n) is 3.65. The summed E-state index contributed by atoms with van der Waals surface area (Å²) in [7, 11) is 0. The first-order valence-corrected chi connectivity index (χ1v) is 9.13. The highest BCUT2D eigenvalue weighted by Gasteiger charge is 2.10. The van der Waals surface area contributed by atoms with Crippen molar-refractivity contribution >= 4 is 34.7 Å². The van der Waals surface area contributed by atoms with Crippen LogP contribution in [0.15, 0.2) is 54.6 Å². The largest absolute Gasteiger partial charge is 0.338 e. The Bertz CT molecular complexity index is 847. The zero-order valence-corrected chi connectivity index (χ0v) is 15.3. The molecule has 1 heterocycles. The number of rotatable bonds is 5. The van der Waals surface area contributed by atoms with Crippen molar-refractivity contribution in [2.75, 3.05) is 11.9 Å². The summed E-state index contributed by atoms with van der Waals surface area (Å²) in [4.78, 5) is 17.7. The van der Waals surface area contributed by atoms with E-state index in [1.807, 2.05) is 61.5 Å². The highest BCUT2D eigenvalue weighted by molar-refractivity contribution is 7.15. The minimum Gasteiger partial charge on any atom is -0.338 e. The van der Waals surface area contributed by atoms with Gasteiger partial charge in [0.05, 0.1) is 5.69 Å². The van der Waals surface area contributed by atoms with Crippen LogP contribution in [0.3, 0.4) is 0 Å². The Morgan fingerprint density at radius 2 is 1.84 bits per heavy atom. The number of urea groups is 1. The molecular formula is C19H18ClN3OS. The molecule has 4 nitrogen and oxygen atoms in total. The summed E-state index contributed by atoms with van der Waals surface area (Å²) in [6.07, 6.45) is 0.749. The number of thiazole rings is 1. The number of carbonyl (C=O) groups excluding carboxylic acids is 1. The first-order chi connectivity index (χ1) is 12.1. The van der Waals surface area contributed by atoms with Gasteiger partial charge in [-0.2, -0.15) is 0 Å². The number of halogens is 1. The van der Waals surface area contributed by atoms with Crippen molar-refractivity contribution in [3.63, 3.8) is 0 Å². The second-order valence-electron chi connectivity index (χ2n) is 5.53. The molecule has 0 spiro atoms. The van der Waals surface area contributed by atoms with Gasteiger partial charge in [0.25, 0.3) is 0 Å². The fraction of sp³-hybridized carbons (Fsp3) is 0.158. The van der Waals surface area contributed by atoms with Crippen LogP contribution in [0.2, 0.25) is 5.02 Å². The molecule has 1 aromatic heterocycles. The molecular weight excluding hydrogens is 354 g/mol. The molecule has 128 valence electrons. The van der Waals surface area contributed by atoms with E-state index in [2.05, 4.69) is 15.6 Å². The fourth-order valence-corrected chi connectivity index (χ4v) is 3.56. The van der Waals surface area contributed by atoms with Gasteiger partial charge in [-0.25, -0.2) is 9.78 Å². The van der Waals surface area contributed by atoms with Crippen molar-refractivity contribution < 1.29 is 4.79 Å². The molecule has 3 rings (SSSR count). The van der Waals surface area contributed by atoms with Gasteiger partial charge in [0, 0.05) is 34.1 Å². The van der Waals surface area contributed by atoms with Gasteiger partial charge < -0.3 is 10.6 Å². The number of anilines is 1. The minimum absolute atomic E-state index is 0.203. The summed E-state index contributed by atoms with van der Waals surface area (Å²) in [5, 5.41) is 7.36. The first kappa shape index (κ1) is 17.5. The molecule has 2 aromatic carbocycles. The van der Waals surface area contributed by atoms with E-state index in [1.54, 1.807) is 11.3 Å². The number of hydrogen-bond acceptors (Lipinski definition) is 3. The highest BCUT2D eigenvalue weighted by Crippen LogP contribution is 2.28. The molecule has 0 fully saturated rings. The number of amides is 2. The van der Waals surface area contributed by atoms with E-state index in [4.69, 9.17) is 11.6 Å². The second-order valence-corrected chi connectivity index (χ2v) is 7.05. The predicted octanol–water partition coefficient (Wildman–Crippen LogP) is 5.14. The van der Waals surface area contributed by atoms with E-state index in [-0.39, 0.29) is 6.03 Å². The number of nitrogens with zero attached hydrogens (tertiary/aromatic N) is 1. The lowest BCUT2D eigenvalue weighted by Gasteiger charge is -2.06. The van der Waals surface area contributed by atoms with Gasteiger partial charge in [0.1, 0.15) is 5.01 Å². The third kappa shape index (κ3) is 4.81. The summed E-state index contributed by atoms with van der Waals surface area (Å²) < 4.78 is 0. The number of aryl methyl sites for hydroxylation is 1. The Labute approximate surface area is 155 Å². The smallest absolute Gasteiger partial charge is 0.319 e. The molecule has 0 radical (unpaired) electrons. The lowest BCUT2D eigenvalue weighted by molar-refractivity contribution is 0.252. The molecule has 25 heavy (non-hydrogen) atoms. The lowest BCUT2D eigenvalue weighted by Crippen LogP contribution is -2.30. The number of benzene rings is 2. The summed E-state index contributed by atoms with van der Waals surface area (Å²) in [5.41, 5.74) is 2.83. The van der Waals surface area contributed by atoms with Crippen LogP contribution in [-0.4, -0.2) is 17.6 Å². The highest BCUT2D eigenvalue weighted by atomic mass is 35.5. The van der Waals surface area contributed by atoms with E-state index in [0.29, 0.717) is 11.6 Å². The normalized spacial score (nSPS) is 10.5. The van der Waals surface area contributed by atoms with E-state index in [1.165, 1.54) is 4.88 Å². The summed E-state index contributed by atoms with van der Waals surface area (Å²) in [6, 6.07) is 16.8. The number of para-hydroxylation sites is 1. The van der Waals surface area contributed by atoms with Crippen LogP contribution in [-0.2, 0) is 6.42 Å². The molecule has 3 aromatic rings. The van der Waals surface area contributed by atoms with E-state index in [0.717, 1.165) is 28.4 Å².